The third-order valence-corrected chi connectivity index (χ3v) is 3.07. The van der Waals surface area contributed by atoms with Gasteiger partial charge in [0.25, 0.3) is 0 Å². The van der Waals surface area contributed by atoms with E-state index in [-0.39, 0.29) is 0 Å². The van der Waals surface area contributed by atoms with Crippen LogP contribution in [0, 0.1) is 0 Å². The fourth-order valence-electron chi connectivity index (χ4n) is 2.41. The normalized spacial score (nSPS) is 24.4. The predicted octanol–water partition coefficient (Wildman–Crippen LogP) is 1.25. The summed E-state index contributed by atoms with van der Waals surface area (Å²) in [4.78, 5) is 6.67. The summed E-state index contributed by atoms with van der Waals surface area (Å²) in [5.41, 5.74) is 0. The molecule has 1 aliphatic heterocycles. The maximum absolute atomic E-state index is 5.30. The fraction of sp³-hybridized carbons (Fsp3) is 0.500. The number of aromatic nitrogens is 3. The molecule has 6 heteroatoms. The highest BCUT2D eigenvalue weighted by molar-refractivity contribution is 5.49. The number of piperazine rings is 1. The molecule has 0 aliphatic carbocycles. The van der Waals surface area contributed by atoms with Crippen LogP contribution in [0.25, 0.3) is 11.6 Å². The highest BCUT2D eigenvalue weighted by Gasteiger charge is 2.24. The highest BCUT2D eigenvalue weighted by Crippen LogP contribution is 2.19. The van der Waals surface area contributed by atoms with Gasteiger partial charge in [-0.25, -0.2) is 0 Å². The van der Waals surface area contributed by atoms with E-state index in [1.54, 1.807) is 6.26 Å². The number of nitrogens with one attached hydrogen (secondary N) is 2. The summed E-state index contributed by atoms with van der Waals surface area (Å²) in [6, 6.07) is 4.60. The van der Waals surface area contributed by atoms with Crippen LogP contribution in [0.5, 0.6) is 0 Å². The zero-order valence-corrected chi connectivity index (χ0v) is 10.6. The van der Waals surface area contributed by atoms with Gasteiger partial charge in [0, 0.05) is 25.2 Å². The maximum Gasteiger partial charge on any atom is 0.245 e. The topological polar surface area (TPSA) is 70.0 Å². The molecule has 3 rings (SSSR count). The first kappa shape index (κ1) is 11.3. The Hall–Kier alpha value is -1.82. The Kier molecular flexibility index (Phi) is 2.79. The average molecular weight is 247 g/mol. The second kappa shape index (κ2) is 4.45. The Bertz CT molecular complexity index is 496. The lowest BCUT2D eigenvalue weighted by molar-refractivity contribution is 0.403. The number of H-pyrrole nitrogens is 1. The number of nitrogens with zero attached hydrogens (tertiary/aromatic N) is 3. The van der Waals surface area contributed by atoms with Crippen molar-refractivity contribution >= 4 is 5.95 Å². The third kappa shape index (κ3) is 2.11. The first-order chi connectivity index (χ1) is 8.72. The van der Waals surface area contributed by atoms with Crippen molar-refractivity contribution in [2.45, 2.75) is 25.9 Å². The Morgan fingerprint density at radius 3 is 2.78 bits per heavy atom. The van der Waals surface area contributed by atoms with E-state index < -0.39 is 0 Å². The van der Waals surface area contributed by atoms with Gasteiger partial charge in [0.1, 0.15) is 0 Å². The van der Waals surface area contributed by atoms with Gasteiger partial charge in [0.05, 0.1) is 6.26 Å². The maximum atomic E-state index is 5.30. The first-order valence-electron chi connectivity index (χ1n) is 6.19. The number of rotatable bonds is 2. The van der Waals surface area contributed by atoms with Crippen molar-refractivity contribution in [1.29, 1.82) is 0 Å². The lowest BCUT2D eigenvalue weighted by atomic mass is 10.1. The third-order valence-electron chi connectivity index (χ3n) is 3.07. The van der Waals surface area contributed by atoms with Crippen LogP contribution in [0.15, 0.2) is 22.8 Å². The van der Waals surface area contributed by atoms with Crippen molar-refractivity contribution in [3.05, 3.63) is 18.4 Å². The van der Waals surface area contributed by atoms with Crippen molar-refractivity contribution < 1.29 is 4.42 Å². The number of aromatic amines is 1. The highest BCUT2D eigenvalue weighted by atomic mass is 16.3. The molecule has 1 fully saturated rings. The van der Waals surface area contributed by atoms with Crippen LogP contribution in [-0.4, -0.2) is 40.4 Å². The summed E-state index contributed by atoms with van der Waals surface area (Å²) in [6.07, 6.45) is 1.63. The van der Waals surface area contributed by atoms with E-state index >= 15 is 0 Å². The van der Waals surface area contributed by atoms with E-state index in [9.17, 15) is 0 Å². The van der Waals surface area contributed by atoms with Gasteiger partial charge in [-0.2, -0.15) is 4.98 Å². The van der Waals surface area contributed by atoms with Crippen LogP contribution in [0.4, 0.5) is 5.95 Å². The molecule has 18 heavy (non-hydrogen) atoms. The van der Waals surface area contributed by atoms with Crippen LogP contribution < -0.4 is 10.2 Å². The van der Waals surface area contributed by atoms with Crippen LogP contribution in [-0.2, 0) is 0 Å². The molecule has 2 aromatic heterocycles. The SMILES string of the molecule is CC1CN(c2n[nH]c(-c3ccco3)n2)CC(C)N1. The van der Waals surface area contributed by atoms with Crippen LogP contribution in [0.2, 0.25) is 0 Å². The summed E-state index contributed by atoms with van der Waals surface area (Å²) >= 11 is 0. The molecule has 2 atom stereocenters. The predicted molar refractivity (Wildman–Crippen MR) is 68.4 cm³/mol. The zero-order chi connectivity index (χ0) is 12.5. The minimum atomic E-state index is 0.444. The average Bonchev–Trinajstić information content (AvgIpc) is 2.99. The second-order valence-electron chi connectivity index (χ2n) is 4.84. The van der Waals surface area contributed by atoms with Crippen LogP contribution in [0.3, 0.4) is 0 Å². The summed E-state index contributed by atoms with van der Waals surface area (Å²) in [7, 11) is 0. The molecule has 0 aromatic carbocycles. The van der Waals surface area contributed by atoms with Gasteiger partial charge in [-0.15, -0.1) is 5.10 Å². The summed E-state index contributed by atoms with van der Waals surface area (Å²) < 4.78 is 5.30. The molecular weight excluding hydrogens is 230 g/mol. The van der Waals surface area contributed by atoms with Gasteiger partial charge >= 0.3 is 0 Å². The number of furan rings is 1. The molecule has 1 aliphatic rings. The van der Waals surface area contributed by atoms with Crippen LogP contribution in [0.1, 0.15) is 13.8 Å². The Labute approximate surface area is 105 Å². The van der Waals surface area contributed by atoms with E-state index in [0.717, 1.165) is 19.0 Å². The summed E-state index contributed by atoms with van der Waals surface area (Å²) in [5.74, 6) is 2.13. The minimum absolute atomic E-state index is 0.444. The summed E-state index contributed by atoms with van der Waals surface area (Å²) in [5, 5.41) is 10.7. The zero-order valence-electron chi connectivity index (χ0n) is 10.6. The van der Waals surface area contributed by atoms with Gasteiger partial charge in [-0.3, -0.25) is 5.10 Å². The molecule has 6 nitrogen and oxygen atoms in total. The van der Waals surface area contributed by atoms with Crippen molar-refractivity contribution in [2.24, 2.45) is 0 Å². The summed E-state index contributed by atoms with van der Waals surface area (Å²) in [6.45, 7) is 6.17. The van der Waals surface area contributed by atoms with Crippen molar-refractivity contribution in [3.8, 4) is 11.6 Å². The molecule has 0 saturated carbocycles. The van der Waals surface area contributed by atoms with Gasteiger partial charge in [-0.05, 0) is 26.0 Å². The van der Waals surface area contributed by atoms with Gasteiger partial charge < -0.3 is 14.6 Å². The molecule has 2 aromatic rings. The molecule has 0 bridgehead atoms. The largest absolute Gasteiger partial charge is 0.461 e. The fourth-order valence-corrected chi connectivity index (χ4v) is 2.41. The minimum Gasteiger partial charge on any atom is -0.461 e. The van der Waals surface area contributed by atoms with E-state index in [4.69, 9.17) is 4.42 Å². The van der Waals surface area contributed by atoms with Gasteiger partial charge in [0.2, 0.25) is 5.95 Å². The molecule has 3 heterocycles. The van der Waals surface area contributed by atoms with Crippen LogP contribution >= 0.6 is 0 Å². The van der Waals surface area contributed by atoms with E-state index in [2.05, 4.69) is 39.2 Å². The lowest BCUT2D eigenvalue weighted by Gasteiger charge is -2.35. The molecular formula is C12H17N5O. The van der Waals surface area contributed by atoms with E-state index in [1.807, 2.05) is 12.1 Å². The molecule has 0 spiro atoms. The number of anilines is 1. The van der Waals surface area contributed by atoms with Gasteiger partial charge in [0.15, 0.2) is 11.6 Å². The quantitative estimate of drug-likeness (QED) is 0.836. The Morgan fingerprint density at radius 1 is 1.33 bits per heavy atom. The monoisotopic (exact) mass is 247 g/mol. The number of hydrogen-bond acceptors (Lipinski definition) is 5. The van der Waals surface area contributed by atoms with Crippen molar-refractivity contribution in [3.63, 3.8) is 0 Å². The smallest absolute Gasteiger partial charge is 0.245 e. The van der Waals surface area contributed by atoms with E-state index in [0.29, 0.717) is 23.7 Å². The Balaban J connectivity index is 1.80. The lowest BCUT2D eigenvalue weighted by Crippen LogP contribution is -2.54. The molecule has 96 valence electrons. The van der Waals surface area contributed by atoms with Gasteiger partial charge in [-0.1, -0.05) is 0 Å². The molecule has 1 saturated heterocycles. The van der Waals surface area contributed by atoms with E-state index in [1.165, 1.54) is 0 Å². The van der Waals surface area contributed by atoms with Crippen molar-refractivity contribution in [1.82, 2.24) is 20.5 Å². The molecule has 2 unspecified atom stereocenters. The second-order valence-corrected chi connectivity index (χ2v) is 4.84. The Morgan fingerprint density at radius 2 is 2.11 bits per heavy atom. The standard InChI is InChI=1S/C12H17N5O/c1-8-6-17(7-9(2)13-8)12-14-11(15-16-12)10-4-3-5-18-10/h3-5,8-9,13H,6-7H2,1-2H3,(H,14,15,16). The van der Waals surface area contributed by atoms with Crippen molar-refractivity contribution in [2.75, 3.05) is 18.0 Å². The molecule has 2 N–H and O–H groups in total. The molecule has 0 amide bonds. The first-order valence-corrected chi connectivity index (χ1v) is 6.19. The number of hydrogen-bond donors (Lipinski definition) is 2. The molecule has 0 radical (unpaired) electrons.